The van der Waals surface area contributed by atoms with E-state index in [-0.39, 0.29) is 0 Å². The Bertz CT molecular complexity index is 647. The highest BCUT2D eigenvalue weighted by Crippen LogP contribution is 2.10. The van der Waals surface area contributed by atoms with Gasteiger partial charge in [-0.2, -0.15) is 0 Å². The van der Waals surface area contributed by atoms with Crippen LogP contribution in [0.5, 0.6) is 0 Å². The SMILES string of the molecule is CCc1nncn1CCNC(=NCc1cccs1)NC(C)CCC(C)C. The Morgan fingerprint density at radius 2 is 2.15 bits per heavy atom. The first-order valence-electron chi connectivity index (χ1n) is 9.52. The molecule has 2 heterocycles. The Kier molecular flexibility index (Phi) is 8.61. The Morgan fingerprint density at radius 1 is 1.31 bits per heavy atom. The van der Waals surface area contributed by atoms with Gasteiger partial charge in [0, 0.05) is 30.4 Å². The normalized spacial score (nSPS) is 13.2. The standard InChI is InChI=1S/C19H32N6S/c1-5-18-24-22-14-25(18)11-10-20-19(21-13-17-7-6-12-26-17)23-16(4)9-8-15(2)3/h6-7,12,14-16H,5,8-11,13H2,1-4H3,(H2,20,21,23). The lowest BCUT2D eigenvalue weighted by Crippen LogP contribution is -2.43. The van der Waals surface area contributed by atoms with E-state index < -0.39 is 0 Å². The summed E-state index contributed by atoms with van der Waals surface area (Å²) in [7, 11) is 0. The van der Waals surface area contributed by atoms with E-state index in [1.165, 1.54) is 11.3 Å². The van der Waals surface area contributed by atoms with Crippen LogP contribution in [-0.2, 0) is 19.5 Å². The molecule has 0 radical (unpaired) electrons. The third kappa shape index (κ3) is 7.15. The number of guanidine groups is 1. The molecule has 2 rings (SSSR count). The molecule has 144 valence electrons. The lowest BCUT2D eigenvalue weighted by atomic mass is 10.0. The Balaban J connectivity index is 1.90. The van der Waals surface area contributed by atoms with Crippen molar-refractivity contribution in [3.05, 3.63) is 34.5 Å². The molecule has 0 aliphatic rings. The molecular weight excluding hydrogens is 344 g/mol. The number of aryl methyl sites for hydroxylation is 1. The minimum atomic E-state index is 0.396. The molecule has 26 heavy (non-hydrogen) atoms. The van der Waals surface area contributed by atoms with E-state index in [1.807, 2.05) is 0 Å². The second-order valence-corrected chi connectivity index (χ2v) is 8.01. The molecule has 0 aromatic carbocycles. The Labute approximate surface area is 161 Å². The predicted molar refractivity (Wildman–Crippen MR) is 110 cm³/mol. The number of nitrogens with one attached hydrogen (secondary N) is 2. The minimum absolute atomic E-state index is 0.396. The summed E-state index contributed by atoms with van der Waals surface area (Å²) >= 11 is 1.74. The largest absolute Gasteiger partial charge is 0.355 e. The average molecular weight is 377 g/mol. The van der Waals surface area contributed by atoms with Crippen molar-refractivity contribution in [1.82, 2.24) is 25.4 Å². The molecule has 0 saturated heterocycles. The fraction of sp³-hybridized carbons (Fsp3) is 0.632. The van der Waals surface area contributed by atoms with Gasteiger partial charge >= 0.3 is 0 Å². The van der Waals surface area contributed by atoms with Crippen LogP contribution in [0.15, 0.2) is 28.8 Å². The summed E-state index contributed by atoms with van der Waals surface area (Å²) in [5.74, 6) is 2.61. The number of rotatable bonds is 10. The van der Waals surface area contributed by atoms with Crippen LogP contribution in [0.3, 0.4) is 0 Å². The minimum Gasteiger partial charge on any atom is -0.355 e. The highest BCUT2D eigenvalue weighted by molar-refractivity contribution is 7.09. The third-order valence-corrected chi connectivity index (χ3v) is 5.05. The number of hydrogen-bond donors (Lipinski definition) is 2. The highest BCUT2D eigenvalue weighted by Gasteiger charge is 2.08. The lowest BCUT2D eigenvalue weighted by molar-refractivity contribution is 0.488. The Morgan fingerprint density at radius 3 is 2.85 bits per heavy atom. The van der Waals surface area contributed by atoms with Gasteiger partial charge in [0.1, 0.15) is 12.2 Å². The van der Waals surface area contributed by atoms with Crippen LogP contribution in [0, 0.1) is 5.92 Å². The maximum atomic E-state index is 4.76. The first-order valence-corrected chi connectivity index (χ1v) is 10.4. The van der Waals surface area contributed by atoms with Crippen molar-refractivity contribution in [2.75, 3.05) is 6.54 Å². The zero-order valence-electron chi connectivity index (χ0n) is 16.4. The second kappa shape index (κ2) is 11.0. The molecule has 1 unspecified atom stereocenters. The zero-order valence-corrected chi connectivity index (χ0v) is 17.2. The number of aromatic nitrogens is 3. The average Bonchev–Trinajstić information content (AvgIpc) is 3.29. The molecule has 2 aromatic rings. The van der Waals surface area contributed by atoms with Crippen LogP contribution in [0.25, 0.3) is 0 Å². The van der Waals surface area contributed by atoms with Crippen LogP contribution in [0.1, 0.15) is 51.2 Å². The van der Waals surface area contributed by atoms with Crippen molar-refractivity contribution in [3.8, 4) is 0 Å². The van der Waals surface area contributed by atoms with Gasteiger partial charge in [-0.25, -0.2) is 4.99 Å². The molecule has 6 nitrogen and oxygen atoms in total. The maximum Gasteiger partial charge on any atom is 0.191 e. The molecule has 7 heteroatoms. The second-order valence-electron chi connectivity index (χ2n) is 6.98. The highest BCUT2D eigenvalue weighted by atomic mass is 32.1. The fourth-order valence-corrected chi connectivity index (χ4v) is 3.26. The molecule has 0 saturated carbocycles. The van der Waals surface area contributed by atoms with Gasteiger partial charge in [-0.3, -0.25) is 0 Å². The molecule has 0 bridgehead atoms. The number of thiophene rings is 1. The molecule has 2 N–H and O–H groups in total. The molecule has 1 atom stereocenters. The molecule has 0 spiro atoms. The molecule has 0 fully saturated rings. The summed E-state index contributed by atoms with van der Waals surface area (Å²) in [5, 5.41) is 17.2. The first kappa shape index (κ1) is 20.4. The summed E-state index contributed by atoms with van der Waals surface area (Å²) in [6.07, 6.45) is 5.04. The van der Waals surface area contributed by atoms with Gasteiger partial charge in [0.15, 0.2) is 5.96 Å². The van der Waals surface area contributed by atoms with Crippen molar-refractivity contribution < 1.29 is 0 Å². The molecule has 0 amide bonds. The molecule has 0 aliphatic carbocycles. The van der Waals surface area contributed by atoms with Crippen LogP contribution >= 0.6 is 11.3 Å². The summed E-state index contributed by atoms with van der Waals surface area (Å²) in [5.41, 5.74) is 0. The van der Waals surface area contributed by atoms with Crippen LogP contribution < -0.4 is 10.6 Å². The van der Waals surface area contributed by atoms with E-state index in [9.17, 15) is 0 Å². The van der Waals surface area contributed by atoms with Gasteiger partial charge < -0.3 is 15.2 Å². The number of nitrogens with zero attached hydrogens (tertiary/aromatic N) is 4. The van der Waals surface area contributed by atoms with Gasteiger partial charge in [0.2, 0.25) is 0 Å². The summed E-state index contributed by atoms with van der Waals surface area (Å²) < 4.78 is 2.09. The van der Waals surface area contributed by atoms with Gasteiger partial charge in [-0.05, 0) is 37.1 Å². The van der Waals surface area contributed by atoms with E-state index in [4.69, 9.17) is 4.99 Å². The van der Waals surface area contributed by atoms with E-state index in [0.29, 0.717) is 12.6 Å². The van der Waals surface area contributed by atoms with Crippen molar-refractivity contribution in [3.63, 3.8) is 0 Å². The third-order valence-electron chi connectivity index (χ3n) is 4.19. The van der Waals surface area contributed by atoms with Crippen molar-refractivity contribution in [2.24, 2.45) is 10.9 Å². The van der Waals surface area contributed by atoms with Gasteiger partial charge in [0.25, 0.3) is 0 Å². The van der Waals surface area contributed by atoms with Crippen LogP contribution in [0.2, 0.25) is 0 Å². The summed E-state index contributed by atoms with van der Waals surface area (Å²) in [6, 6.07) is 4.59. The quantitative estimate of drug-likeness (QED) is 0.492. The molecular formula is C19H32N6S. The van der Waals surface area contributed by atoms with Crippen molar-refractivity contribution >= 4 is 17.3 Å². The lowest BCUT2D eigenvalue weighted by Gasteiger charge is -2.19. The van der Waals surface area contributed by atoms with Gasteiger partial charge in [0.05, 0.1) is 6.54 Å². The smallest absolute Gasteiger partial charge is 0.191 e. The summed E-state index contributed by atoms with van der Waals surface area (Å²) in [4.78, 5) is 6.03. The topological polar surface area (TPSA) is 67.1 Å². The van der Waals surface area contributed by atoms with Crippen molar-refractivity contribution in [2.45, 2.75) is 66.1 Å². The van der Waals surface area contributed by atoms with E-state index in [0.717, 1.165) is 43.6 Å². The van der Waals surface area contributed by atoms with E-state index in [2.05, 4.69) is 70.6 Å². The first-order chi connectivity index (χ1) is 12.6. The molecule has 0 aliphatic heterocycles. The predicted octanol–water partition coefficient (Wildman–Crippen LogP) is 3.46. The number of hydrogen-bond acceptors (Lipinski definition) is 4. The van der Waals surface area contributed by atoms with Crippen LogP contribution in [0.4, 0.5) is 0 Å². The summed E-state index contributed by atoms with van der Waals surface area (Å²) in [6.45, 7) is 11.2. The van der Waals surface area contributed by atoms with Gasteiger partial charge in [-0.15, -0.1) is 21.5 Å². The maximum absolute atomic E-state index is 4.76. The fourth-order valence-electron chi connectivity index (χ4n) is 2.64. The van der Waals surface area contributed by atoms with Crippen molar-refractivity contribution in [1.29, 1.82) is 0 Å². The monoisotopic (exact) mass is 376 g/mol. The van der Waals surface area contributed by atoms with Gasteiger partial charge in [-0.1, -0.05) is 26.8 Å². The van der Waals surface area contributed by atoms with Crippen LogP contribution in [-0.4, -0.2) is 33.3 Å². The van der Waals surface area contributed by atoms with E-state index >= 15 is 0 Å². The number of aliphatic imine (C=N–C) groups is 1. The Hall–Kier alpha value is -1.89. The van der Waals surface area contributed by atoms with E-state index in [1.54, 1.807) is 17.7 Å². The zero-order chi connectivity index (χ0) is 18.8. The molecule has 2 aromatic heterocycles.